The molecule has 0 aliphatic rings. The highest BCUT2D eigenvalue weighted by atomic mass is 16.6. The monoisotopic (exact) mass is 167 g/mol. The summed E-state index contributed by atoms with van der Waals surface area (Å²) in [4.78, 5) is 4.07. The van der Waals surface area contributed by atoms with E-state index in [1.165, 1.54) is 7.11 Å². The first kappa shape index (κ1) is 9.16. The summed E-state index contributed by atoms with van der Waals surface area (Å²) in [5, 5.41) is 9.34. The molecule has 1 atom stereocenters. The predicted octanol–water partition coefficient (Wildman–Crippen LogP) is 1.34. The fraction of sp³-hybridized carbons (Fsp3) is 0.444. The quantitative estimate of drug-likeness (QED) is 0.676. The van der Waals surface area contributed by atoms with E-state index in [0.717, 1.165) is 16.8 Å². The van der Waals surface area contributed by atoms with Gasteiger partial charge in [0.05, 0.1) is 0 Å². The van der Waals surface area contributed by atoms with E-state index in [1.807, 2.05) is 19.9 Å². The van der Waals surface area contributed by atoms with E-state index in [-0.39, 0.29) is 0 Å². The molecule has 0 spiro atoms. The summed E-state index contributed by atoms with van der Waals surface area (Å²) >= 11 is 0. The molecule has 1 N–H and O–H groups in total. The van der Waals surface area contributed by atoms with Gasteiger partial charge in [-0.3, -0.25) is 4.98 Å². The van der Waals surface area contributed by atoms with Crippen molar-refractivity contribution < 1.29 is 9.84 Å². The number of aliphatic hydroxyl groups is 1. The first-order valence-corrected chi connectivity index (χ1v) is 3.79. The maximum absolute atomic E-state index is 9.34. The molecule has 0 fully saturated rings. The Labute approximate surface area is 72.0 Å². The third-order valence-electron chi connectivity index (χ3n) is 1.78. The van der Waals surface area contributed by atoms with Gasteiger partial charge in [-0.05, 0) is 25.5 Å². The van der Waals surface area contributed by atoms with E-state index >= 15 is 0 Å². The van der Waals surface area contributed by atoms with E-state index < -0.39 is 6.29 Å². The molecule has 0 saturated heterocycles. The van der Waals surface area contributed by atoms with Crippen molar-refractivity contribution in [1.82, 2.24) is 4.98 Å². The van der Waals surface area contributed by atoms with Crippen LogP contribution in [0.1, 0.15) is 23.1 Å². The molecule has 12 heavy (non-hydrogen) atoms. The normalized spacial score (nSPS) is 13.0. The zero-order valence-electron chi connectivity index (χ0n) is 7.53. The number of hydrogen-bond donors (Lipinski definition) is 1. The molecular weight excluding hydrogens is 154 g/mol. The Morgan fingerprint density at radius 3 is 2.67 bits per heavy atom. The van der Waals surface area contributed by atoms with Crippen LogP contribution < -0.4 is 0 Å². The first-order valence-electron chi connectivity index (χ1n) is 3.79. The van der Waals surface area contributed by atoms with Gasteiger partial charge in [-0.25, -0.2) is 0 Å². The van der Waals surface area contributed by atoms with Crippen LogP contribution >= 0.6 is 0 Å². The van der Waals surface area contributed by atoms with Crippen LogP contribution in [0, 0.1) is 13.8 Å². The molecule has 0 bridgehead atoms. The van der Waals surface area contributed by atoms with Gasteiger partial charge in [-0.1, -0.05) is 0 Å². The van der Waals surface area contributed by atoms with Crippen molar-refractivity contribution in [3.63, 3.8) is 0 Å². The van der Waals surface area contributed by atoms with E-state index in [2.05, 4.69) is 4.98 Å². The molecule has 0 aromatic carbocycles. The Balaban J connectivity index is 3.01. The Kier molecular flexibility index (Phi) is 2.78. The molecule has 1 aromatic rings. The fourth-order valence-corrected chi connectivity index (χ4v) is 1.09. The van der Waals surface area contributed by atoms with Crippen molar-refractivity contribution in [2.24, 2.45) is 0 Å². The smallest absolute Gasteiger partial charge is 0.182 e. The van der Waals surface area contributed by atoms with Gasteiger partial charge < -0.3 is 9.84 Å². The lowest BCUT2D eigenvalue weighted by Crippen LogP contribution is -2.03. The van der Waals surface area contributed by atoms with Gasteiger partial charge in [0.1, 0.15) is 0 Å². The van der Waals surface area contributed by atoms with E-state index in [9.17, 15) is 5.11 Å². The molecule has 0 aliphatic carbocycles. The van der Waals surface area contributed by atoms with Crippen LogP contribution in [0.3, 0.4) is 0 Å². The van der Waals surface area contributed by atoms with Gasteiger partial charge in [-0.15, -0.1) is 0 Å². The molecule has 1 unspecified atom stereocenters. The van der Waals surface area contributed by atoms with Crippen molar-refractivity contribution in [2.75, 3.05) is 7.11 Å². The molecule has 0 aliphatic heterocycles. The topological polar surface area (TPSA) is 42.4 Å². The molecule has 0 amide bonds. The second-order valence-electron chi connectivity index (χ2n) is 2.77. The van der Waals surface area contributed by atoms with Crippen LogP contribution in [0.5, 0.6) is 0 Å². The molecule has 0 radical (unpaired) electrons. The summed E-state index contributed by atoms with van der Waals surface area (Å²) < 4.78 is 4.77. The molecular formula is C9H13NO2. The standard InChI is InChI=1S/C9H13NO2/c1-6-4-7(2)10-5-8(6)9(11)12-3/h4-5,9,11H,1-3H3. The summed E-state index contributed by atoms with van der Waals surface area (Å²) in [7, 11) is 1.46. The Morgan fingerprint density at radius 1 is 1.50 bits per heavy atom. The van der Waals surface area contributed by atoms with Gasteiger partial charge >= 0.3 is 0 Å². The second-order valence-corrected chi connectivity index (χ2v) is 2.77. The largest absolute Gasteiger partial charge is 0.364 e. The number of aryl methyl sites for hydroxylation is 2. The summed E-state index contributed by atoms with van der Waals surface area (Å²) in [5.74, 6) is 0. The minimum absolute atomic E-state index is 0.725. The molecule has 3 nitrogen and oxygen atoms in total. The maximum atomic E-state index is 9.34. The van der Waals surface area contributed by atoms with Crippen LogP contribution in [-0.2, 0) is 4.74 Å². The lowest BCUT2D eigenvalue weighted by Gasteiger charge is -2.11. The van der Waals surface area contributed by atoms with Crippen molar-refractivity contribution in [2.45, 2.75) is 20.1 Å². The van der Waals surface area contributed by atoms with Gasteiger partial charge in [0.2, 0.25) is 0 Å². The van der Waals surface area contributed by atoms with E-state index in [0.29, 0.717) is 0 Å². The maximum Gasteiger partial charge on any atom is 0.182 e. The Bertz CT molecular complexity index is 273. The van der Waals surface area contributed by atoms with Crippen LogP contribution in [0.4, 0.5) is 0 Å². The van der Waals surface area contributed by atoms with Gasteiger partial charge in [-0.2, -0.15) is 0 Å². The number of aliphatic hydroxyl groups excluding tert-OH is 1. The minimum atomic E-state index is -0.863. The lowest BCUT2D eigenvalue weighted by molar-refractivity contribution is -0.0775. The SMILES string of the molecule is COC(O)c1cnc(C)cc1C. The predicted molar refractivity (Wildman–Crippen MR) is 45.7 cm³/mol. The third-order valence-corrected chi connectivity index (χ3v) is 1.78. The molecule has 66 valence electrons. The molecule has 1 rings (SSSR count). The van der Waals surface area contributed by atoms with Crippen LogP contribution in [0.25, 0.3) is 0 Å². The first-order chi connectivity index (χ1) is 5.65. The van der Waals surface area contributed by atoms with Crippen molar-refractivity contribution in [3.8, 4) is 0 Å². The lowest BCUT2D eigenvalue weighted by atomic mass is 10.1. The second kappa shape index (κ2) is 3.65. The Hall–Kier alpha value is -0.930. The molecule has 1 aromatic heterocycles. The van der Waals surface area contributed by atoms with Crippen molar-refractivity contribution in [1.29, 1.82) is 0 Å². The average molecular weight is 167 g/mol. The highest BCUT2D eigenvalue weighted by Crippen LogP contribution is 2.16. The number of pyridine rings is 1. The molecule has 3 heteroatoms. The number of aromatic nitrogens is 1. The van der Waals surface area contributed by atoms with Gasteiger partial charge in [0.15, 0.2) is 6.29 Å². The Morgan fingerprint density at radius 2 is 2.17 bits per heavy atom. The zero-order valence-corrected chi connectivity index (χ0v) is 7.53. The third kappa shape index (κ3) is 1.81. The molecule has 0 saturated carbocycles. The summed E-state index contributed by atoms with van der Waals surface area (Å²) in [6.45, 7) is 3.84. The fourth-order valence-electron chi connectivity index (χ4n) is 1.09. The van der Waals surface area contributed by atoms with Crippen LogP contribution in [0.2, 0.25) is 0 Å². The number of rotatable bonds is 2. The summed E-state index contributed by atoms with van der Waals surface area (Å²) in [6, 6.07) is 1.91. The summed E-state index contributed by atoms with van der Waals surface area (Å²) in [6.07, 6.45) is 0.775. The van der Waals surface area contributed by atoms with Crippen molar-refractivity contribution in [3.05, 3.63) is 29.1 Å². The van der Waals surface area contributed by atoms with E-state index in [1.54, 1.807) is 6.20 Å². The molecule has 1 heterocycles. The zero-order chi connectivity index (χ0) is 9.14. The van der Waals surface area contributed by atoms with E-state index in [4.69, 9.17) is 4.74 Å². The minimum Gasteiger partial charge on any atom is -0.364 e. The average Bonchev–Trinajstić information content (AvgIpc) is 2.03. The van der Waals surface area contributed by atoms with Gasteiger partial charge in [0, 0.05) is 24.6 Å². The number of nitrogens with zero attached hydrogens (tertiary/aromatic N) is 1. The number of hydrogen-bond acceptors (Lipinski definition) is 3. The summed E-state index contributed by atoms with van der Waals surface area (Å²) in [5.41, 5.74) is 2.67. The van der Waals surface area contributed by atoms with Gasteiger partial charge in [0.25, 0.3) is 0 Å². The number of methoxy groups -OCH3 is 1. The highest BCUT2D eigenvalue weighted by Gasteiger charge is 2.08. The highest BCUT2D eigenvalue weighted by molar-refractivity contribution is 5.25. The number of ether oxygens (including phenoxy) is 1. The van der Waals surface area contributed by atoms with Crippen LogP contribution in [-0.4, -0.2) is 17.2 Å². The van der Waals surface area contributed by atoms with Crippen molar-refractivity contribution >= 4 is 0 Å². The van der Waals surface area contributed by atoms with Crippen LogP contribution in [0.15, 0.2) is 12.3 Å².